The molecule has 0 fully saturated rings. The first-order chi connectivity index (χ1) is 15.5. The van der Waals surface area contributed by atoms with E-state index in [1.54, 1.807) is 11.0 Å². The molecule has 2 aromatic heterocycles. The Labute approximate surface area is 194 Å². The Morgan fingerprint density at radius 2 is 1.75 bits per heavy atom. The van der Waals surface area contributed by atoms with Crippen LogP contribution in [0.3, 0.4) is 0 Å². The van der Waals surface area contributed by atoms with E-state index in [0.717, 1.165) is 11.1 Å². The molecule has 0 saturated heterocycles. The summed E-state index contributed by atoms with van der Waals surface area (Å²) >= 11 is 7.44. The molecule has 0 N–H and O–H groups in total. The molecule has 32 heavy (non-hydrogen) atoms. The molecule has 164 valence electrons. The number of aromatic nitrogens is 4. The fourth-order valence-electron chi connectivity index (χ4n) is 3.22. The topological polar surface area (TPSA) is 72.5 Å². The van der Waals surface area contributed by atoms with Crippen molar-refractivity contribution in [3.63, 3.8) is 0 Å². The number of benzene rings is 2. The Morgan fingerprint density at radius 1 is 1.00 bits per heavy atom. The van der Waals surface area contributed by atoms with Gasteiger partial charge in [-0.1, -0.05) is 65.8 Å². The molecule has 1 amide bonds. The van der Waals surface area contributed by atoms with E-state index in [-0.39, 0.29) is 12.5 Å². The van der Waals surface area contributed by atoms with Gasteiger partial charge in [-0.25, -0.2) is 9.48 Å². The van der Waals surface area contributed by atoms with E-state index in [9.17, 15) is 9.59 Å². The van der Waals surface area contributed by atoms with Crippen LogP contribution in [0.4, 0.5) is 0 Å². The quantitative estimate of drug-likeness (QED) is 0.368. The molecule has 0 spiro atoms. The first-order valence-electron chi connectivity index (χ1n) is 10.2. The maximum absolute atomic E-state index is 12.8. The third kappa shape index (κ3) is 5.20. The number of fused-ring (bicyclic) bond motifs is 1. The van der Waals surface area contributed by atoms with Gasteiger partial charge in [0.1, 0.15) is 11.6 Å². The Morgan fingerprint density at radius 3 is 2.47 bits per heavy atom. The summed E-state index contributed by atoms with van der Waals surface area (Å²) in [5, 5.41) is 10.1. The number of halogens is 1. The first-order valence-corrected chi connectivity index (χ1v) is 11.6. The minimum Gasteiger partial charge on any atom is -0.337 e. The molecule has 9 heteroatoms. The van der Waals surface area contributed by atoms with Crippen molar-refractivity contribution in [3.05, 3.63) is 93.4 Å². The lowest BCUT2D eigenvalue weighted by atomic mass is 10.2. The van der Waals surface area contributed by atoms with E-state index in [1.165, 1.54) is 21.0 Å². The van der Waals surface area contributed by atoms with E-state index in [4.69, 9.17) is 11.6 Å². The molecule has 0 saturated carbocycles. The van der Waals surface area contributed by atoms with Gasteiger partial charge in [0.2, 0.25) is 5.91 Å². The Balaban J connectivity index is 1.47. The summed E-state index contributed by atoms with van der Waals surface area (Å²) in [6.45, 7) is 2.82. The van der Waals surface area contributed by atoms with E-state index in [0.29, 0.717) is 34.5 Å². The molecule has 0 aliphatic carbocycles. The predicted molar refractivity (Wildman–Crippen MR) is 126 cm³/mol. The molecular formula is C23H22ClN5O2S. The average Bonchev–Trinajstić information content (AvgIpc) is 3.12. The second kappa shape index (κ2) is 10.0. The second-order valence-electron chi connectivity index (χ2n) is 7.19. The number of rotatable bonds is 8. The molecule has 0 radical (unpaired) electrons. The van der Waals surface area contributed by atoms with Gasteiger partial charge in [0.15, 0.2) is 5.65 Å². The number of carbonyl (C=O) groups excluding carboxylic acids is 1. The smallest absolute Gasteiger partial charge is 0.337 e. The van der Waals surface area contributed by atoms with Gasteiger partial charge in [0, 0.05) is 23.9 Å². The van der Waals surface area contributed by atoms with Crippen molar-refractivity contribution in [3.8, 4) is 0 Å². The van der Waals surface area contributed by atoms with Crippen molar-refractivity contribution < 1.29 is 4.79 Å². The molecule has 0 bridgehead atoms. The summed E-state index contributed by atoms with van der Waals surface area (Å²) < 4.78 is 2.41. The van der Waals surface area contributed by atoms with Crippen LogP contribution >= 0.6 is 23.4 Å². The van der Waals surface area contributed by atoms with Crippen LogP contribution in [0.15, 0.2) is 76.6 Å². The number of hydrogen-bond acceptors (Lipinski definition) is 5. The van der Waals surface area contributed by atoms with Crippen LogP contribution in [-0.4, -0.2) is 36.7 Å². The number of amides is 1. The van der Waals surface area contributed by atoms with Crippen molar-refractivity contribution >= 4 is 34.9 Å². The third-order valence-electron chi connectivity index (χ3n) is 4.95. The minimum atomic E-state index is -0.432. The number of likely N-dealkylation sites (N-methyl/N-ethyl adjacent to an activating group) is 1. The number of nitrogens with zero attached hydrogens (tertiary/aromatic N) is 5. The Kier molecular flexibility index (Phi) is 6.92. The van der Waals surface area contributed by atoms with Gasteiger partial charge in [-0.05, 0) is 42.3 Å². The molecule has 0 unspecified atom stereocenters. The lowest BCUT2D eigenvalue weighted by Gasteiger charge is -2.20. The molecular weight excluding hydrogens is 446 g/mol. The minimum absolute atomic E-state index is 0.129. The molecule has 2 heterocycles. The van der Waals surface area contributed by atoms with Crippen LogP contribution in [0.1, 0.15) is 18.1 Å². The monoisotopic (exact) mass is 467 g/mol. The molecule has 0 aliphatic heterocycles. The maximum Gasteiger partial charge on any atom is 0.367 e. The highest BCUT2D eigenvalue weighted by atomic mass is 35.5. The van der Waals surface area contributed by atoms with Crippen LogP contribution in [0.2, 0.25) is 5.02 Å². The van der Waals surface area contributed by atoms with Gasteiger partial charge >= 0.3 is 5.69 Å². The summed E-state index contributed by atoms with van der Waals surface area (Å²) in [5.74, 6) is 0.529. The summed E-state index contributed by atoms with van der Waals surface area (Å²) in [6.07, 6.45) is 0. The largest absolute Gasteiger partial charge is 0.367 e. The zero-order valence-corrected chi connectivity index (χ0v) is 19.1. The molecule has 0 aliphatic rings. The highest BCUT2D eigenvalue weighted by Crippen LogP contribution is 2.21. The van der Waals surface area contributed by atoms with Gasteiger partial charge in [-0.15, -0.1) is 5.10 Å². The summed E-state index contributed by atoms with van der Waals surface area (Å²) in [4.78, 5) is 27.3. The highest BCUT2D eigenvalue weighted by Gasteiger charge is 2.17. The van der Waals surface area contributed by atoms with Crippen LogP contribution in [0.25, 0.3) is 5.65 Å². The standard InChI is InChI=1S/C23H22ClN5O2S/c1-2-27(14-17-6-4-3-5-7-17)22(30)15-28-23(31)29-20(25-28)12-13-21(26-29)32-16-18-8-10-19(24)11-9-18/h3-13H,2,14-16H2,1H3. The van der Waals surface area contributed by atoms with Crippen molar-refractivity contribution in [1.29, 1.82) is 0 Å². The number of hydrogen-bond donors (Lipinski definition) is 0. The summed E-state index contributed by atoms with van der Waals surface area (Å²) in [5.41, 5.74) is 2.12. The van der Waals surface area contributed by atoms with E-state index in [2.05, 4.69) is 10.2 Å². The number of thioether (sulfide) groups is 1. The van der Waals surface area contributed by atoms with Crippen LogP contribution in [0.5, 0.6) is 0 Å². The summed E-state index contributed by atoms with van der Waals surface area (Å²) in [7, 11) is 0. The van der Waals surface area contributed by atoms with Crippen molar-refractivity contribution in [2.45, 2.75) is 30.8 Å². The molecule has 4 aromatic rings. The van der Waals surface area contributed by atoms with Crippen LogP contribution in [0, 0.1) is 0 Å². The van der Waals surface area contributed by atoms with Gasteiger partial charge in [-0.2, -0.15) is 9.61 Å². The van der Waals surface area contributed by atoms with Crippen molar-refractivity contribution in [2.75, 3.05) is 6.54 Å². The Bertz CT molecular complexity index is 1270. The zero-order valence-electron chi connectivity index (χ0n) is 17.5. The normalized spacial score (nSPS) is 11.1. The third-order valence-corrected chi connectivity index (χ3v) is 6.19. The Hall–Kier alpha value is -3.10. The second-order valence-corrected chi connectivity index (χ2v) is 8.62. The lowest BCUT2D eigenvalue weighted by Crippen LogP contribution is -2.36. The number of carbonyl (C=O) groups is 1. The zero-order chi connectivity index (χ0) is 22.5. The van der Waals surface area contributed by atoms with Crippen molar-refractivity contribution in [2.24, 2.45) is 0 Å². The van der Waals surface area contributed by atoms with Gasteiger partial charge in [0.25, 0.3) is 0 Å². The van der Waals surface area contributed by atoms with E-state index < -0.39 is 5.69 Å². The fourth-order valence-corrected chi connectivity index (χ4v) is 4.15. The first kappa shape index (κ1) is 22.1. The molecule has 7 nitrogen and oxygen atoms in total. The SMILES string of the molecule is CCN(Cc1ccccc1)C(=O)Cn1nc2ccc(SCc3ccc(Cl)cc3)nn2c1=O. The van der Waals surface area contributed by atoms with Crippen molar-refractivity contribution in [1.82, 2.24) is 24.3 Å². The maximum atomic E-state index is 12.8. The predicted octanol–water partition coefficient (Wildman–Crippen LogP) is 3.89. The molecule has 2 aromatic carbocycles. The molecule has 0 atom stereocenters. The highest BCUT2D eigenvalue weighted by molar-refractivity contribution is 7.98. The van der Waals surface area contributed by atoms with Gasteiger partial charge in [0.05, 0.1) is 0 Å². The average molecular weight is 468 g/mol. The lowest BCUT2D eigenvalue weighted by molar-refractivity contribution is -0.132. The summed E-state index contributed by atoms with van der Waals surface area (Å²) in [6, 6.07) is 20.9. The van der Waals surface area contributed by atoms with E-state index in [1.807, 2.05) is 67.6 Å². The van der Waals surface area contributed by atoms with E-state index >= 15 is 0 Å². The molecule has 4 rings (SSSR count). The fraction of sp³-hybridized carbons (Fsp3) is 0.217. The van der Waals surface area contributed by atoms with Gasteiger partial charge in [-0.3, -0.25) is 4.79 Å². The van der Waals surface area contributed by atoms with Crippen LogP contribution in [-0.2, 0) is 23.6 Å². The van der Waals surface area contributed by atoms with Crippen LogP contribution < -0.4 is 5.69 Å². The van der Waals surface area contributed by atoms with Gasteiger partial charge < -0.3 is 4.90 Å².